The molecule has 4 heteroatoms. The van der Waals surface area contributed by atoms with Crippen molar-refractivity contribution in [2.24, 2.45) is 0 Å². The number of rotatable bonds is 2. The highest BCUT2D eigenvalue weighted by Gasteiger charge is 2.31. The topological polar surface area (TPSA) is 68.0 Å². The van der Waals surface area contributed by atoms with Crippen molar-refractivity contribution in [1.82, 2.24) is 4.98 Å². The zero-order valence-corrected chi connectivity index (χ0v) is 9.76. The molecule has 4 nitrogen and oxygen atoms in total. The van der Waals surface area contributed by atoms with Crippen molar-refractivity contribution in [1.29, 1.82) is 0 Å². The van der Waals surface area contributed by atoms with Crippen LogP contribution in [0.3, 0.4) is 0 Å². The van der Waals surface area contributed by atoms with Crippen LogP contribution in [0, 0.1) is 0 Å². The number of hydrogen-bond acceptors (Lipinski definition) is 3. The number of hydrogen-bond donors (Lipinski definition) is 2. The Hall–Kier alpha value is -2.36. The van der Waals surface area contributed by atoms with E-state index in [0.29, 0.717) is 12.1 Å². The Morgan fingerprint density at radius 1 is 1.28 bits per heavy atom. The Labute approximate surface area is 105 Å². The number of nitrogens with two attached hydrogens (primary N) is 1. The van der Waals surface area contributed by atoms with Gasteiger partial charge in [0.1, 0.15) is 0 Å². The van der Waals surface area contributed by atoms with Gasteiger partial charge in [-0.05, 0) is 29.7 Å². The number of anilines is 2. The summed E-state index contributed by atoms with van der Waals surface area (Å²) in [7, 11) is 0. The summed E-state index contributed by atoms with van der Waals surface area (Å²) in [6.07, 6.45) is 4.16. The van der Waals surface area contributed by atoms with Crippen molar-refractivity contribution in [3.05, 3.63) is 53.9 Å². The maximum atomic E-state index is 12.0. The fourth-order valence-corrected chi connectivity index (χ4v) is 2.33. The monoisotopic (exact) mass is 239 g/mol. The van der Waals surface area contributed by atoms with Crippen LogP contribution in [0.1, 0.15) is 17.0 Å². The molecular formula is C14H13N3O. The van der Waals surface area contributed by atoms with Crippen molar-refractivity contribution in [3.63, 3.8) is 0 Å². The van der Waals surface area contributed by atoms with E-state index in [4.69, 9.17) is 5.73 Å². The third-order valence-electron chi connectivity index (χ3n) is 3.23. The van der Waals surface area contributed by atoms with Crippen LogP contribution in [0.5, 0.6) is 0 Å². The fraction of sp³-hybridized carbons (Fsp3) is 0.143. The minimum absolute atomic E-state index is 0.00625. The van der Waals surface area contributed by atoms with Crippen LogP contribution in [0.2, 0.25) is 0 Å². The van der Waals surface area contributed by atoms with E-state index < -0.39 is 0 Å². The van der Waals surface area contributed by atoms with Gasteiger partial charge in [-0.15, -0.1) is 0 Å². The van der Waals surface area contributed by atoms with Crippen LogP contribution in [0.25, 0.3) is 0 Å². The highest BCUT2D eigenvalue weighted by atomic mass is 16.2. The number of para-hydroxylation sites is 1. The second-order valence-electron chi connectivity index (χ2n) is 4.42. The lowest BCUT2D eigenvalue weighted by Gasteiger charge is -2.08. The van der Waals surface area contributed by atoms with Crippen LogP contribution in [-0.4, -0.2) is 10.9 Å². The predicted molar refractivity (Wildman–Crippen MR) is 70.2 cm³/mol. The van der Waals surface area contributed by atoms with Gasteiger partial charge in [-0.2, -0.15) is 0 Å². The first kappa shape index (κ1) is 10.8. The van der Waals surface area contributed by atoms with Gasteiger partial charge in [-0.3, -0.25) is 9.78 Å². The minimum atomic E-state index is -0.173. The smallest absolute Gasteiger partial charge is 0.232 e. The van der Waals surface area contributed by atoms with E-state index in [1.165, 1.54) is 0 Å². The number of pyridine rings is 1. The van der Waals surface area contributed by atoms with E-state index >= 15 is 0 Å². The first-order chi connectivity index (χ1) is 8.75. The zero-order chi connectivity index (χ0) is 12.5. The van der Waals surface area contributed by atoms with Gasteiger partial charge in [0.15, 0.2) is 0 Å². The van der Waals surface area contributed by atoms with Gasteiger partial charge < -0.3 is 11.1 Å². The normalized spacial score (nSPS) is 17.3. The van der Waals surface area contributed by atoms with Crippen molar-refractivity contribution in [3.8, 4) is 0 Å². The molecule has 1 aromatic heterocycles. The van der Waals surface area contributed by atoms with E-state index in [9.17, 15) is 4.79 Å². The van der Waals surface area contributed by atoms with Crippen LogP contribution in [0.15, 0.2) is 42.7 Å². The Bertz CT molecular complexity index is 595. The maximum Gasteiger partial charge on any atom is 0.232 e. The molecular weight excluding hydrogens is 226 g/mol. The third-order valence-corrected chi connectivity index (χ3v) is 3.23. The summed E-state index contributed by atoms with van der Waals surface area (Å²) in [5.41, 5.74) is 9.27. The summed E-state index contributed by atoms with van der Waals surface area (Å²) in [6.45, 7) is 0. The molecule has 1 aromatic carbocycles. The zero-order valence-electron chi connectivity index (χ0n) is 9.76. The third kappa shape index (κ3) is 1.72. The molecule has 0 saturated heterocycles. The molecule has 3 rings (SSSR count). The summed E-state index contributed by atoms with van der Waals surface area (Å²) < 4.78 is 0. The quantitative estimate of drug-likeness (QED) is 0.787. The van der Waals surface area contributed by atoms with Crippen molar-refractivity contribution >= 4 is 17.3 Å². The number of carbonyl (C=O) groups excluding carboxylic acids is 1. The van der Waals surface area contributed by atoms with Gasteiger partial charge in [-0.25, -0.2) is 0 Å². The molecule has 1 atom stereocenters. The van der Waals surface area contributed by atoms with Crippen molar-refractivity contribution in [2.45, 2.75) is 12.3 Å². The summed E-state index contributed by atoms with van der Waals surface area (Å²) in [5, 5.41) is 2.85. The molecule has 0 radical (unpaired) electrons. The van der Waals surface area contributed by atoms with E-state index in [0.717, 1.165) is 16.8 Å². The molecule has 90 valence electrons. The van der Waals surface area contributed by atoms with Gasteiger partial charge >= 0.3 is 0 Å². The predicted octanol–water partition coefficient (Wildman–Crippen LogP) is 1.94. The number of nitrogens with one attached hydrogen (secondary N) is 1. The summed E-state index contributed by atoms with van der Waals surface area (Å²) in [6, 6.07) is 9.48. The number of nitrogen functional groups attached to an aromatic ring is 1. The largest absolute Gasteiger partial charge is 0.397 e. The number of nitrogens with zero attached hydrogens (tertiary/aromatic N) is 1. The van der Waals surface area contributed by atoms with Crippen molar-refractivity contribution < 1.29 is 4.79 Å². The molecule has 1 amide bonds. The molecule has 1 aliphatic heterocycles. The number of aromatic nitrogens is 1. The minimum Gasteiger partial charge on any atom is -0.397 e. The number of fused-ring (bicyclic) bond motifs is 1. The SMILES string of the molecule is Nc1cccc2c1NC(=O)C2Cc1cccnc1. The Morgan fingerprint density at radius 3 is 2.94 bits per heavy atom. The highest BCUT2D eigenvalue weighted by molar-refractivity contribution is 6.05. The van der Waals surface area contributed by atoms with Gasteiger partial charge in [0.05, 0.1) is 17.3 Å². The highest BCUT2D eigenvalue weighted by Crippen LogP contribution is 2.38. The lowest BCUT2D eigenvalue weighted by Crippen LogP contribution is -2.14. The van der Waals surface area contributed by atoms with E-state index in [1.54, 1.807) is 18.5 Å². The molecule has 0 fully saturated rings. The molecule has 1 unspecified atom stereocenters. The van der Waals surface area contributed by atoms with Crippen LogP contribution in [0.4, 0.5) is 11.4 Å². The van der Waals surface area contributed by atoms with E-state index in [1.807, 2.05) is 24.3 Å². The average molecular weight is 239 g/mol. The number of amides is 1. The lowest BCUT2D eigenvalue weighted by atomic mass is 9.93. The Morgan fingerprint density at radius 2 is 2.17 bits per heavy atom. The molecule has 0 aliphatic carbocycles. The Kier molecular flexibility index (Phi) is 2.48. The van der Waals surface area contributed by atoms with Gasteiger partial charge in [0.2, 0.25) is 5.91 Å². The van der Waals surface area contributed by atoms with Crippen molar-refractivity contribution in [2.75, 3.05) is 11.1 Å². The second kappa shape index (κ2) is 4.14. The van der Waals surface area contributed by atoms with E-state index in [2.05, 4.69) is 10.3 Å². The van der Waals surface area contributed by atoms with Crippen LogP contribution >= 0.6 is 0 Å². The van der Waals surface area contributed by atoms with Gasteiger partial charge in [0.25, 0.3) is 0 Å². The van der Waals surface area contributed by atoms with Gasteiger partial charge in [-0.1, -0.05) is 18.2 Å². The first-order valence-corrected chi connectivity index (χ1v) is 5.84. The molecule has 3 N–H and O–H groups in total. The Balaban J connectivity index is 1.95. The molecule has 0 spiro atoms. The summed E-state index contributed by atoms with van der Waals surface area (Å²) in [5.74, 6) is -0.167. The van der Waals surface area contributed by atoms with E-state index in [-0.39, 0.29) is 11.8 Å². The van der Waals surface area contributed by atoms with Crippen LogP contribution < -0.4 is 11.1 Å². The maximum absolute atomic E-state index is 12.0. The second-order valence-corrected chi connectivity index (χ2v) is 4.42. The average Bonchev–Trinajstić information content (AvgIpc) is 2.70. The molecule has 2 heterocycles. The van der Waals surface area contributed by atoms with Crippen LogP contribution in [-0.2, 0) is 11.2 Å². The molecule has 18 heavy (non-hydrogen) atoms. The fourth-order valence-electron chi connectivity index (χ4n) is 2.33. The first-order valence-electron chi connectivity index (χ1n) is 5.84. The molecule has 0 saturated carbocycles. The summed E-state index contributed by atoms with van der Waals surface area (Å²) >= 11 is 0. The lowest BCUT2D eigenvalue weighted by molar-refractivity contribution is -0.117. The molecule has 1 aliphatic rings. The standard InChI is InChI=1S/C14H13N3O/c15-12-5-1-4-10-11(14(18)17-13(10)12)7-9-3-2-6-16-8-9/h1-6,8,11H,7,15H2,(H,17,18). The molecule has 0 bridgehead atoms. The number of benzene rings is 1. The summed E-state index contributed by atoms with van der Waals surface area (Å²) in [4.78, 5) is 16.1. The molecule has 2 aromatic rings. The number of carbonyl (C=O) groups is 1. The van der Waals surface area contributed by atoms with Gasteiger partial charge in [0, 0.05) is 12.4 Å².